The Morgan fingerprint density at radius 3 is 2.68 bits per heavy atom. The molecular formula is C28H27F3N4O3. The molecule has 38 heavy (non-hydrogen) atoms. The smallest absolute Gasteiger partial charge is 0.416 e. The van der Waals surface area contributed by atoms with E-state index < -0.39 is 17.6 Å². The maximum atomic E-state index is 13.0. The highest BCUT2D eigenvalue weighted by Gasteiger charge is 2.30. The van der Waals surface area contributed by atoms with Crippen LogP contribution in [-0.4, -0.2) is 43.5 Å². The summed E-state index contributed by atoms with van der Waals surface area (Å²) < 4.78 is 49.9. The number of pyridine rings is 1. The second-order valence-corrected chi connectivity index (χ2v) is 8.95. The van der Waals surface area contributed by atoms with Crippen LogP contribution in [0.1, 0.15) is 22.3 Å². The standard InChI is InChI=1S/C28H27F3N4O3/c1-18-6-7-23(34-27(36)9-19-4-3-5-22(8-19)28(29,30)31)11-26(18)35(2)15-21(12-32)20-10-24(14-33-13-20)38-25-16-37-17-25/h3-8,10-15,25,32H,9,16-17H2,1-2H3,(H,34,36)/b21-15+,32-12?. The third-order valence-electron chi connectivity index (χ3n) is 5.94. The largest absolute Gasteiger partial charge is 0.484 e. The minimum absolute atomic E-state index is 0.00341. The van der Waals surface area contributed by atoms with E-state index >= 15 is 0 Å². The van der Waals surface area contributed by atoms with Crippen LogP contribution >= 0.6 is 0 Å². The van der Waals surface area contributed by atoms with E-state index in [0.29, 0.717) is 35.8 Å². The molecule has 1 saturated heterocycles. The molecular weight excluding hydrogens is 497 g/mol. The summed E-state index contributed by atoms with van der Waals surface area (Å²) in [5, 5.41) is 10.7. The molecule has 10 heteroatoms. The molecule has 7 nitrogen and oxygen atoms in total. The number of hydrogen-bond acceptors (Lipinski definition) is 6. The Morgan fingerprint density at radius 2 is 2.00 bits per heavy atom. The summed E-state index contributed by atoms with van der Waals surface area (Å²) in [5.41, 5.74) is 2.96. The summed E-state index contributed by atoms with van der Waals surface area (Å²) in [6.45, 7) is 2.98. The molecule has 2 aromatic carbocycles. The van der Waals surface area contributed by atoms with Gasteiger partial charge in [0.2, 0.25) is 5.91 Å². The Balaban J connectivity index is 1.48. The summed E-state index contributed by atoms with van der Waals surface area (Å²) in [5.74, 6) is 0.158. The van der Waals surface area contributed by atoms with Crippen molar-refractivity contribution in [1.82, 2.24) is 4.98 Å². The van der Waals surface area contributed by atoms with Crippen LogP contribution in [0.25, 0.3) is 5.57 Å². The molecule has 0 saturated carbocycles. The summed E-state index contributed by atoms with van der Waals surface area (Å²) in [7, 11) is 1.82. The van der Waals surface area contributed by atoms with Crippen LogP contribution in [0.15, 0.2) is 67.1 Å². The number of nitrogens with one attached hydrogen (secondary N) is 2. The Kier molecular flexibility index (Phi) is 8.11. The molecule has 1 aromatic heterocycles. The minimum atomic E-state index is -4.47. The van der Waals surface area contributed by atoms with E-state index in [4.69, 9.17) is 14.9 Å². The molecule has 0 bridgehead atoms. The SMILES string of the molecule is Cc1ccc(NC(=O)Cc2cccc(C(F)(F)F)c2)cc1N(C)/C=C(\C=N)c1cncc(OC2COC2)c1. The van der Waals surface area contributed by atoms with E-state index in [0.717, 1.165) is 23.4 Å². The number of hydrogen-bond donors (Lipinski definition) is 2. The molecule has 0 atom stereocenters. The van der Waals surface area contributed by atoms with Crippen LogP contribution in [0, 0.1) is 12.3 Å². The van der Waals surface area contributed by atoms with E-state index in [1.807, 2.05) is 31.0 Å². The average Bonchev–Trinajstić information content (AvgIpc) is 2.85. The molecule has 2 N–H and O–H groups in total. The van der Waals surface area contributed by atoms with Gasteiger partial charge in [0.05, 0.1) is 31.4 Å². The van der Waals surface area contributed by atoms with Gasteiger partial charge in [-0.3, -0.25) is 9.78 Å². The van der Waals surface area contributed by atoms with Gasteiger partial charge in [-0.2, -0.15) is 13.2 Å². The lowest BCUT2D eigenvalue weighted by molar-refractivity contribution is -0.137. The lowest BCUT2D eigenvalue weighted by atomic mass is 10.1. The number of allylic oxidation sites excluding steroid dienone is 1. The highest BCUT2D eigenvalue weighted by molar-refractivity contribution is 6.08. The zero-order valence-electron chi connectivity index (χ0n) is 20.9. The van der Waals surface area contributed by atoms with Crippen molar-refractivity contribution in [3.05, 3.63) is 89.4 Å². The topological polar surface area (TPSA) is 87.5 Å². The maximum absolute atomic E-state index is 13.0. The third kappa shape index (κ3) is 6.77. The molecule has 0 aliphatic carbocycles. The van der Waals surface area contributed by atoms with Gasteiger partial charge in [0.25, 0.3) is 0 Å². The number of benzene rings is 2. The summed E-state index contributed by atoms with van der Waals surface area (Å²) in [6, 6.07) is 11.9. The number of ether oxygens (including phenoxy) is 2. The van der Waals surface area contributed by atoms with Gasteiger partial charge < -0.3 is 25.1 Å². The second-order valence-electron chi connectivity index (χ2n) is 8.95. The predicted octanol–water partition coefficient (Wildman–Crippen LogP) is 5.49. The second kappa shape index (κ2) is 11.5. The number of anilines is 2. The van der Waals surface area contributed by atoms with Crippen molar-refractivity contribution in [2.24, 2.45) is 0 Å². The molecule has 2 heterocycles. The molecule has 0 spiro atoms. The van der Waals surface area contributed by atoms with E-state index in [-0.39, 0.29) is 18.1 Å². The molecule has 4 rings (SSSR count). The Bertz CT molecular complexity index is 1350. The number of carbonyl (C=O) groups is 1. The van der Waals surface area contributed by atoms with Crippen LogP contribution < -0.4 is 15.0 Å². The van der Waals surface area contributed by atoms with Crippen molar-refractivity contribution in [1.29, 1.82) is 5.41 Å². The monoisotopic (exact) mass is 524 g/mol. The molecule has 1 aliphatic heterocycles. The minimum Gasteiger partial charge on any atom is -0.484 e. The third-order valence-corrected chi connectivity index (χ3v) is 5.94. The van der Waals surface area contributed by atoms with Gasteiger partial charge in [-0.05, 0) is 42.3 Å². The van der Waals surface area contributed by atoms with Gasteiger partial charge in [0.15, 0.2) is 0 Å². The van der Waals surface area contributed by atoms with Gasteiger partial charge in [0.1, 0.15) is 11.9 Å². The van der Waals surface area contributed by atoms with Crippen molar-refractivity contribution in [3.63, 3.8) is 0 Å². The first-order valence-corrected chi connectivity index (χ1v) is 11.8. The highest BCUT2D eigenvalue weighted by atomic mass is 19.4. The first kappa shape index (κ1) is 26.9. The van der Waals surface area contributed by atoms with Gasteiger partial charge in [0, 0.05) is 48.2 Å². The zero-order valence-corrected chi connectivity index (χ0v) is 20.9. The number of amides is 1. The fraction of sp³-hybridized carbons (Fsp3) is 0.250. The number of alkyl halides is 3. The number of halogens is 3. The van der Waals surface area contributed by atoms with E-state index in [1.54, 1.807) is 30.7 Å². The van der Waals surface area contributed by atoms with Crippen molar-refractivity contribution in [3.8, 4) is 5.75 Å². The maximum Gasteiger partial charge on any atom is 0.416 e. The van der Waals surface area contributed by atoms with Crippen LogP contribution in [0.2, 0.25) is 0 Å². The lowest BCUT2D eigenvalue weighted by Crippen LogP contribution is -2.38. The van der Waals surface area contributed by atoms with Crippen molar-refractivity contribution >= 4 is 29.1 Å². The van der Waals surface area contributed by atoms with Gasteiger partial charge in [-0.1, -0.05) is 24.3 Å². The van der Waals surface area contributed by atoms with Crippen molar-refractivity contribution in [2.45, 2.75) is 25.6 Å². The molecule has 1 amide bonds. The van der Waals surface area contributed by atoms with Crippen molar-refractivity contribution < 1.29 is 27.4 Å². The molecule has 198 valence electrons. The Labute approximate surface area is 218 Å². The van der Waals surface area contributed by atoms with Crippen LogP contribution in [0.5, 0.6) is 5.75 Å². The first-order chi connectivity index (χ1) is 18.1. The number of nitrogens with zero attached hydrogens (tertiary/aromatic N) is 2. The predicted molar refractivity (Wildman–Crippen MR) is 140 cm³/mol. The lowest BCUT2D eigenvalue weighted by Gasteiger charge is -2.26. The van der Waals surface area contributed by atoms with Crippen LogP contribution in [0.4, 0.5) is 24.5 Å². The van der Waals surface area contributed by atoms with E-state index in [9.17, 15) is 18.0 Å². The summed E-state index contributed by atoms with van der Waals surface area (Å²) in [6.07, 6.45) is 1.59. The fourth-order valence-corrected chi connectivity index (χ4v) is 3.90. The highest BCUT2D eigenvalue weighted by Crippen LogP contribution is 2.30. The van der Waals surface area contributed by atoms with Gasteiger partial charge >= 0.3 is 6.18 Å². The number of rotatable bonds is 9. The van der Waals surface area contributed by atoms with Gasteiger partial charge in [-0.25, -0.2) is 0 Å². The molecule has 0 unspecified atom stereocenters. The quantitative estimate of drug-likeness (QED) is 0.361. The zero-order chi connectivity index (χ0) is 27.3. The van der Waals surface area contributed by atoms with E-state index in [1.165, 1.54) is 18.3 Å². The normalized spacial score (nSPS) is 14.0. The Morgan fingerprint density at radius 1 is 1.21 bits per heavy atom. The average molecular weight is 525 g/mol. The first-order valence-electron chi connectivity index (χ1n) is 11.8. The fourth-order valence-electron chi connectivity index (χ4n) is 3.90. The van der Waals surface area contributed by atoms with Crippen molar-refractivity contribution in [2.75, 3.05) is 30.5 Å². The number of carbonyl (C=O) groups excluding carboxylic acids is 1. The van der Waals surface area contributed by atoms with E-state index in [2.05, 4.69) is 10.3 Å². The van der Waals surface area contributed by atoms with Gasteiger partial charge in [-0.15, -0.1) is 0 Å². The van der Waals surface area contributed by atoms with Crippen LogP contribution in [-0.2, 0) is 22.1 Å². The summed E-state index contributed by atoms with van der Waals surface area (Å²) in [4.78, 5) is 18.6. The van der Waals surface area contributed by atoms with Crippen LogP contribution in [0.3, 0.4) is 0 Å². The molecule has 1 fully saturated rings. The number of aryl methyl sites for hydroxylation is 1. The molecule has 1 aliphatic rings. The molecule has 3 aromatic rings. The summed E-state index contributed by atoms with van der Waals surface area (Å²) >= 11 is 0. The molecule has 0 radical (unpaired) electrons. The Hall–Kier alpha value is -4.18. The number of aromatic nitrogens is 1.